The third-order valence-electron chi connectivity index (χ3n) is 2.29. The fraction of sp³-hybridized carbons (Fsp3) is 0.167. The smallest absolute Gasteiger partial charge is 0.119 e. The first-order valence-corrected chi connectivity index (χ1v) is 4.59. The topological polar surface area (TPSA) is 14.2 Å². The molecule has 0 saturated heterocycles. The van der Waals surface area contributed by atoms with E-state index < -0.39 is 0 Å². The molecule has 2 aromatic rings. The lowest BCUT2D eigenvalue weighted by Gasteiger charge is -2.08. The Morgan fingerprint density at radius 2 is 1.86 bits per heavy atom. The summed E-state index contributed by atoms with van der Waals surface area (Å²) in [4.78, 5) is 0. The number of hydrogen-bond acceptors (Lipinski definition) is 1. The van der Waals surface area contributed by atoms with E-state index in [-0.39, 0.29) is 0 Å². The molecule has 0 amide bonds. The number of rotatable bonds is 2. The van der Waals surface area contributed by atoms with E-state index in [9.17, 15) is 0 Å². The number of hydrogen-bond donors (Lipinski definition) is 0. The van der Waals surface area contributed by atoms with Crippen molar-refractivity contribution in [3.05, 3.63) is 48.3 Å². The molecule has 0 N–H and O–H groups in total. The number of aromatic nitrogens is 1. The Balaban J connectivity index is 2.46. The Hall–Kier alpha value is -1.70. The number of ether oxygens (including phenoxy) is 1. The zero-order chi connectivity index (χ0) is 9.97. The van der Waals surface area contributed by atoms with Gasteiger partial charge in [0.15, 0.2) is 0 Å². The van der Waals surface area contributed by atoms with E-state index in [2.05, 4.69) is 17.6 Å². The third kappa shape index (κ3) is 1.51. The van der Waals surface area contributed by atoms with Crippen molar-refractivity contribution in [1.29, 1.82) is 0 Å². The summed E-state index contributed by atoms with van der Waals surface area (Å²) in [5.74, 6) is 0.901. The first-order chi connectivity index (χ1) is 6.81. The summed E-state index contributed by atoms with van der Waals surface area (Å²) in [6.07, 6.45) is 4.07. The van der Waals surface area contributed by atoms with Crippen LogP contribution in [0.4, 0.5) is 0 Å². The molecule has 2 heteroatoms. The van der Waals surface area contributed by atoms with Gasteiger partial charge in [-0.05, 0) is 42.8 Å². The third-order valence-corrected chi connectivity index (χ3v) is 2.29. The Bertz CT molecular complexity index is 418. The van der Waals surface area contributed by atoms with Crippen LogP contribution in [0.1, 0.15) is 5.56 Å². The fourth-order valence-electron chi connectivity index (χ4n) is 1.54. The van der Waals surface area contributed by atoms with E-state index >= 15 is 0 Å². The highest BCUT2D eigenvalue weighted by atomic mass is 16.5. The molecule has 0 spiro atoms. The van der Waals surface area contributed by atoms with Crippen LogP contribution < -0.4 is 4.74 Å². The molecule has 2 rings (SSSR count). The Kier molecular flexibility index (Phi) is 2.27. The minimum Gasteiger partial charge on any atom is -0.497 e. The summed E-state index contributed by atoms with van der Waals surface area (Å²) in [7, 11) is 1.68. The van der Waals surface area contributed by atoms with Crippen molar-refractivity contribution in [1.82, 2.24) is 4.57 Å². The van der Waals surface area contributed by atoms with Crippen molar-refractivity contribution in [2.75, 3.05) is 7.11 Å². The van der Waals surface area contributed by atoms with Crippen LogP contribution in [0.2, 0.25) is 0 Å². The minimum absolute atomic E-state index is 0.901. The molecule has 0 unspecified atom stereocenters. The molecule has 1 aromatic carbocycles. The molecule has 0 radical (unpaired) electrons. The van der Waals surface area contributed by atoms with Gasteiger partial charge in [-0.15, -0.1) is 0 Å². The van der Waals surface area contributed by atoms with E-state index in [1.165, 1.54) is 11.3 Å². The lowest BCUT2D eigenvalue weighted by Crippen LogP contribution is -1.94. The van der Waals surface area contributed by atoms with Crippen molar-refractivity contribution in [3.8, 4) is 11.4 Å². The maximum Gasteiger partial charge on any atom is 0.119 e. The second-order valence-electron chi connectivity index (χ2n) is 3.24. The summed E-state index contributed by atoms with van der Waals surface area (Å²) >= 11 is 0. The molecule has 72 valence electrons. The first-order valence-electron chi connectivity index (χ1n) is 4.59. The van der Waals surface area contributed by atoms with E-state index in [1.54, 1.807) is 7.11 Å². The van der Waals surface area contributed by atoms with Gasteiger partial charge < -0.3 is 9.30 Å². The average molecular weight is 187 g/mol. The van der Waals surface area contributed by atoms with Crippen LogP contribution in [-0.2, 0) is 0 Å². The van der Waals surface area contributed by atoms with Gasteiger partial charge in [-0.25, -0.2) is 0 Å². The monoisotopic (exact) mass is 187 g/mol. The zero-order valence-electron chi connectivity index (χ0n) is 8.40. The van der Waals surface area contributed by atoms with Crippen molar-refractivity contribution < 1.29 is 4.74 Å². The molecule has 1 aromatic heterocycles. The van der Waals surface area contributed by atoms with Crippen LogP contribution >= 0.6 is 0 Å². The van der Waals surface area contributed by atoms with Crippen LogP contribution in [0.25, 0.3) is 5.69 Å². The molecule has 0 saturated carbocycles. The lowest BCUT2D eigenvalue weighted by atomic mass is 10.2. The predicted molar refractivity (Wildman–Crippen MR) is 57.1 cm³/mol. The number of nitrogens with zero attached hydrogens (tertiary/aromatic N) is 1. The Labute approximate surface area is 83.8 Å². The van der Waals surface area contributed by atoms with Gasteiger partial charge in [-0.3, -0.25) is 0 Å². The standard InChI is InChI=1S/C12H13NO/c1-10-9-11(14-2)5-6-12(10)13-7-3-4-8-13/h3-9H,1-2H3. The molecule has 2 nitrogen and oxygen atoms in total. The summed E-state index contributed by atoms with van der Waals surface area (Å²) in [5.41, 5.74) is 2.40. The molecular weight excluding hydrogens is 174 g/mol. The Morgan fingerprint density at radius 3 is 2.43 bits per heavy atom. The summed E-state index contributed by atoms with van der Waals surface area (Å²) in [6.45, 7) is 2.08. The highest BCUT2D eigenvalue weighted by Crippen LogP contribution is 2.19. The predicted octanol–water partition coefficient (Wildman–Crippen LogP) is 2.79. The number of benzene rings is 1. The normalized spacial score (nSPS) is 10.1. The highest BCUT2D eigenvalue weighted by molar-refractivity contribution is 5.45. The maximum atomic E-state index is 5.16. The zero-order valence-corrected chi connectivity index (χ0v) is 8.40. The molecule has 0 aliphatic heterocycles. The molecular formula is C12H13NO. The molecule has 1 heterocycles. The second kappa shape index (κ2) is 3.58. The van der Waals surface area contributed by atoms with Crippen LogP contribution in [0, 0.1) is 6.92 Å². The van der Waals surface area contributed by atoms with Crippen molar-refractivity contribution >= 4 is 0 Å². The molecule has 0 atom stereocenters. The molecule has 0 bridgehead atoms. The van der Waals surface area contributed by atoms with Crippen LogP contribution in [-0.4, -0.2) is 11.7 Å². The van der Waals surface area contributed by atoms with Crippen LogP contribution in [0.15, 0.2) is 42.7 Å². The van der Waals surface area contributed by atoms with Gasteiger partial charge in [0.2, 0.25) is 0 Å². The fourth-order valence-corrected chi connectivity index (χ4v) is 1.54. The lowest BCUT2D eigenvalue weighted by molar-refractivity contribution is 0.414. The molecule has 0 aliphatic carbocycles. The summed E-state index contributed by atoms with van der Waals surface area (Å²) < 4.78 is 7.25. The number of aryl methyl sites for hydroxylation is 1. The second-order valence-corrected chi connectivity index (χ2v) is 3.24. The molecule has 0 aliphatic rings. The number of methoxy groups -OCH3 is 1. The summed E-state index contributed by atoms with van der Waals surface area (Å²) in [6, 6.07) is 10.1. The first kappa shape index (κ1) is 8.88. The van der Waals surface area contributed by atoms with Crippen molar-refractivity contribution in [3.63, 3.8) is 0 Å². The van der Waals surface area contributed by atoms with Gasteiger partial charge in [0.1, 0.15) is 5.75 Å². The van der Waals surface area contributed by atoms with Crippen molar-refractivity contribution in [2.45, 2.75) is 6.92 Å². The van der Waals surface area contributed by atoms with Crippen LogP contribution in [0.3, 0.4) is 0 Å². The van der Waals surface area contributed by atoms with Gasteiger partial charge >= 0.3 is 0 Å². The van der Waals surface area contributed by atoms with Crippen LogP contribution in [0.5, 0.6) is 5.75 Å². The van der Waals surface area contributed by atoms with Gasteiger partial charge in [-0.1, -0.05) is 0 Å². The average Bonchev–Trinajstić information content (AvgIpc) is 2.70. The minimum atomic E-state index is 0.901. The largest absolute Gasteiger partial charge is 0.497 e. The Morgan fingerprint density at radius 1 is 1.14 bits per heavy atom. The maximum absolute atomic E-state index is 5.16. The van der Waals surface area contributed by atoms with Gasteiger partial charge in [0, 0.05) is 18.1 Å². The van der Waals surface area contributed by atoms with E-state index in [0.717, 1.165) is 5.75 Å². The van der Waals surface area contributed by atoms with E-state index in [1.807, 2.05) is 36.7 Å². The highest BCUT2D eigenvalue weighted by Gasteiger charge is 2.00. The van der Waals surface area contributed by atoms with E-state index in [0.29, 0.717) is 0 Å². The molecule has 0 fully saturated rings. The van der Waals surface area contributed by atoms with Gasteiger partial charge in [0.05, 0.1) is 7.11 Å². The van der Waals surface area contributed by atoms with Crippen molar-refractivity contribution in [2.24, 2.45) is 0 Å². The van der Waals surface area contributed by atoms with E-state index in [4.69, 9.17) is 4.74 Å². The van der Waals surface area contributed by atoms with Gasteiger partial charge in [-0.2, -0.15) is 0 Å². The molecule has 14 heavy (non-hydrogen) atoms. The SMILES string of the molecule is COc1ccc(-n2cccc2)c(C)c1. The summed E-state index contributed by atoms with van der Waals surface area (Å²) in [5, 5.41) is 0. The quantitative estimate of drug-likeness (QED) is 0.705. The van der Waals surface area contributed by atoms with Gasteiger partial charge in [0.25, 0.3) is 0 Å².